The van der Waals surface area contributed by atoms with Gasteiger partial charge in [-0.2, -0.15) is 5.10 Å². The van der Waals surface area contributed by atoms with Crippen LogP contribution in [0.4, 0.5) is 11.6 Å². The third kappa shape index (κ3) is 5.99. The summed E-state index contributed by atoms with van der Waals surface area (Å²) in [6.45, 7) is 0. The molecule has 0 fully saturated rings. The second-order valence-corrected chi connectivity index (χ2v) is 7.50. The molecule has 0 atom stereocenters. The first kappa shape index (κ1) is 21.7. The highest BCUT2D eigenvalue weighted by atomic mass is 35.5. The molecular weight excluding hydrogens is 445 g/mol. The average Bonchev–Trinajstić information content (AvgIpc) is 3.10. The number of hydrogen-bond acceptors (Lipinski definition) is 7. The molecule has 0 radical (unpaired) electrons. The summed E-state index contributed by atoms with van der Waals surface area (Å²) in [6.07, 6.45) is 5.25. The maximum Gasteiger partial charge on any atom is 0.264 e. The largest absolute Gasteiger partial charge is 0.334 e. The van der Waals surface area contributed by atoms with Crippen molar-refractivity contribution in [3.8, 4) is 0 Å². The average molecular weight is 462 g/mol. The summed E-state index contributed by atoms with van der Waals surface area (Å²) in [4.78, 5) is 12.1. The number of nitrogens with one attached hydrogen (secondary N) is 2. The summed E-state index contributed by atoms with van der Waals surface area (Å²) in [6, 6.07) is 14.8. The minimum Gasteiger partial charge on any atom is -0.334 e. The number of amides is 1. The number of carbonyl (C=O) groups excluding carboxylic acids is 1. The minimum absolute atomic E-state index is 0.0568. The van der Waals surface area contributed by atoms with Crippen LogP contribution in [0.1, 0.15) is 5.56 Å². The number of thioether (sulfide) groups is 1. The van der Waals surface area contributed by atoms with E-state index in [1.807, 2.05) is 36.4 Å². The van der Waals surface area contributed by atoms with Gasteiger partial charge in [-0.3, -0.25) is 4.79 Å². The van der Waals surface area contributed by atoms with E-state index in [2.05, 4.69) is 26.0 Å². The van der Waals surface area contributed by atoms with Crippen molar-refractivity contribution < 1.29 is 4.79 Å². The van der Waals surface area contributed by atoms with Crippen molar-refractivity contribution in [2.24, 2.45) is 5.10 Å². The van der Waals surface area contributed by atoms with Gasteiger partial charge in [0.1, 0.15) is 0 Å². The Labute approximate surface area is 187 Å². The number of hydrazone groups is 1. The Morgan fingerprint density at radius 1 is 1.17 bits per heavy atom. The molecule has 0 unspecified atom stereocenters. The number of anilines is 2. The Bertz CT molecular complexity index is 1070. The fourth-order valence-electron chi connectivity index (χ4n) is 2.22. The lowest BCUT2D eigenvalue weighted by Gasteiger charge is -2.07. The van der Waals surface area contributed by atoms with Gasteiger partial charge in [-0.25, -0.2) is 10.1 Å². The lowest BCUT2D eigenvalue weighted by Crippen LogP contribution is -2.17. The van der Waals surface area contributed by atoms with E-state index in [9.17, 15) is 4.79 Å². The number of halogens is 2. The highest BCUT2D eigenvalue weighted by molar-refractivity contribution is 7.99. The van der Waals surface area contributed by atoms with Crippen LogP contribution >= 0.6 is 35.0 Å². The van der Waals surface area contributed by atoms with Crippen molar-refractivity contribution in [2.75, 3.05) is 22.3 Å². The zero-order valence-corrected chi connectivity index (χ0v) is 17.8. The molecule has 30 heavy (non-hydrogen) atoms. The van der Waals surface area contributed by atoms with Gasteiger partial charge < -0.3 is 11.2 Å². The lowest BCUT2D eigenvalue weighted by molar-refractivity contribution is -0.113. The van der Waals surface area contributed by atoms with Gasteiger partial charge >= 0.3 is 0 Å². The standard InChI is InChI=1S/C19H17Cl2N7OS/c20-14-9-4-10-15(17(14)21)24-16(29)12-30-19-27-26-18(28(19)22)25-23-11-5-8-13-6-2-1-3-7-13/h1-11H,12,22H2,(H,24,29)(H,25,26)/b8-5+,23-11+. The van der Waals surface area contributed by atoms with Crippen LogP contribution < -0.4 is 16.6 Å². The number of nitrogen functional groups attached to an aromatic ring is 1. The van der Waals surface area contributed by atoms with Crippen molar-refractivity contribution in [3.05, 3.63) is 70.2 Å². The number of benzene rings is 2. The zero-order valence-electron chi connectivity index (χ0n) is 15.5. The van der Waals surface area contributed by atoms with Crippen LogP contribution in [0, 0.1) is 0 Å². The van der Waals surface area contributed by atoms with Crippen molar-refractivity contribution >= 4 is 64.8 Å². The van der Waals surface area contributed by atoms with Crippen LogP contribution in [0.15, 0.2) is 64.9 Å². The van der Waals surface area contributed by atoms with Gasteiger partial charge in [-0.05, 0) is 23.8 Å². The van der Waals surface area contributed by atoms with Crippen molar-refractivity contribution in [2.45, 2.75) is 5.16 Å². The Hall–Kier alpha value is -3.01. The maximum atomic E-state index is 12.1. The van der Waals surface area contributed by atoms with E-state index in [4.69, 9.17) is 29.0 Å². The van der Waals surface area contributed by atoms with E-state index in [-0.39, 0.29) is 22.6 Å². The molecule has 0 aliphatic rings. The SMILES string of the molecule is Nn1c(N/N=C/C=C/c2ccccc2)nnc1SCC(=O)Nc1cccc(Cl)c1Cl. The first-order chi connectivity index (χ1) is 14.5. The smallest absolute Gasteiger partial charge is 0.264 e. The van der Waals surface area contributed by atoms with Gasteiger partial charge in [0.05, 0.1) is 21.5 Å². The number of allylic oxidation sites excluding steroid dienone is 1. The van der Waals surface area contributed by atoms with E-state index in [1.165, 1.54) is 4.68 Å². The topological polar surface area (TPSA) is 110 Å². The van der Waals surface area contributed by atoms with Gasteiger partial charge in [-0.15, -0.1) is 10.2 Å². The van der Waals surface area contributed by atoms with E-state index in [0.29, 0.717) is 15.9 Å². The fourth-order valence-corrected chi connectivity index (χ4v) is 3.23. The first-order valence-electron chi connectivity index (χ1n) is 8.62. The van der Waals surface area contributed by atoms with Gasteiger partial charge in [0, 0.05) is 6.21 Å². The van der Waals surface area contributed by atoms with Gasteiger partial charge in [0.15, 0.2) is 0 Å². The van der Waals surface area contributed by atoms with E-state index in [1.54, 1.807) is 30.5 Å². The minimum atomic E-state index is -0.286. The molecule has 8 nitrogen and oxygen atoms in total. The Morgan fingerprint density at radius 3 is 2.77 bits per heavy atom. The molecule has 4 N–H and O–H groups in total. The Kier molecular flexibility index (Phi) is 7.72. The Balaban J connectivity index is 1.50. The summed E-state index contributed by atoms with van der Waals surface area (Å²) in [5.74, 6) is 5.94. The summed E-state index contributed by atoms with van der Waals surface area (Å²) in [7, 11) is 0. The number of aromatic nitrogens is 3. The van der Waals surface area contributed by atoms with Crippen LogP contribution in [0.25, 0.3) is 6.08 Å². The maximum absolute atomic E-state index is 12.1. The quantitative estimate of drug-likeness (QED) is 0.201. The number of carbonyl (C=O) groups is 1. The van der Waals surface area contributed by atoms with Crippen LogP contribution in [0.5, 0.6) is 0 Å². The molecule has 11 heteroatoms. The molecule has 0 saturated carbocycles. The molecule has 0 spiro atoms. The van der Waals surface area contributed by atoms with E-state index in [0.717, 1.165) is 17.3 Å². The van der Waals surface area contributed by atoms with E-state index >= 15 is 0 Å². The second-order valence-electron chi connectivity index (χ2n) is 5.77. The molecule has 0 bridgehead atoms. The third-order valence-electron chi connectivity index (χ3n) is 3.64. The molecule has 0 saturated heterocycles. The normalized spacial score (nSPS) is 11.3. The highest BCUT2D eigenvalue weighted by Gasteiger charge is 2.13. The molecule has 3 rings (SSSR count). The fraction of sp³-hybridized carbons (Fsp3) is 0.0526. The van der Waals surface area contributed by atoms with Crippen molar-refractivity contribution in [3.63, 3.8) is 0 Å². The summed E-state index contributed by atoms with van der Waals surface area (Å²) in [5, 5.41) is 15.5. The number of rotatable bonds is 8. The van der Waals surface area contributed by atoms with Crippen LogP contribution in [0.3, 0.4) is 0 Å². The number of nitrogens with zero attached hydrogens (tertiary/aromatic N) is 4. The molecular formula is C19H17Cl2N7OS. The summed E-state index contributed by atoms with van der Waals surface area (Å²) < 4.78 is 1.21. The Morgan fingerprint density at radius 2 is 1.97 bits per heavy atom. The molecule has 1 heterocycles. The van der Waals surface area contributed by atoms with Gasteiger partial charge in [0.25, 0.3) is 5.95 Å². The molecule has 2 aromatic carbocycles. The van der Waals surface area contributed by atoms with Crippen LogP contribution in [-0.4, -0.2) is 32.7 Å². The monoisotopic (exact) mass is 461 g/mol. The van der Waals surface area contributed by atoms with E-state index < -0.39 is 0 Å². The molecule has 0 aliphatic heterocycles. The predicted octanol–water partition coefficient (Wildman–Crippen LogP) is 4.14. The predicted molar refractivity (Wildman–Crippen MR) is 124 cm³/mol. The molecule has 1 amide bonds. The highest BCUT2D eigenvalue weighted by Crippen LogP contribution is 2.29. The van der Waals surface area contributed by atoms with Crippen molar-refractivity contribution in [1.82, 2.24) is 14.9 Å². The molecule has 1 aromatic heterocycles. The van der Waals surface area contributed by atoms with Gasteiger partial charge in [0.2, 0.25) is 11.1 Å². The third-order valence-corrected chi connectivity index (χ3v) is 5.40. The molecule has 154 valence electrons. The summed E-state index contributed by atoms with van der Waals surface area (Å²) in [5.41, 5.74) is 4.19. The molecule has 0 aliphatic carbocycles. The van der Waals surface area contributed by atoms with Crippen LogP contribution in [0.2, 0.25) is 10.0 Å². The zero-order chi connectivity index (χ0) is 21.3. The summed E-state index contributed by atoms with van der Waals surface area (Å²) >= 11 is 13.1. The first-order valence-corrected chi connectivity index (χ1v) is 10.4. The van der Waals surface area contributed by atoms with Gasteiger partial charge in [-0.1, -0.05) is 77.4 Å². The lowest BCUT2D eigenvalue weighted by atomic mass is 10.2. The number of nitrogens with two attached hydrogens (primary N) is 1. The number of hydrogen-bond donors (Lipinski definition) is 3. The van der Waals surface area contributed by atoms with Crippen molar-refractivity contribution in [1.29, 1.82) is 0 Å². The molecule has 3 aromatic rings. The van der Waals surface area contributed by atoms with Crippen LogP contribution in [-0.2, 0) is 4.79 Å². The second kappa shape index (κ2) is 10.7.